The third-order valence-corrected chi connectivity index (χ3v) is 3.66. The van der Waals surface area contributed by atoms with E-state index in [0.29, 0.717) is 6.54 Å². The molecule has 92 valence electrons. The highest BCUT2D eigenvalue weighted by atomic mass is 19.1. The molecule has 0 unspecified atom stereocenters. The minimum atomic E-state index is -0.662. The van der Waals surface area contributed by atoms with Crippen molar-refractivity contribution in [2.45, 2.75) is 25.7 Å². The van der Waals surface area contributed by atoms with Gasteiger partial charge in [0.15, 0.2) is 0 Å². The van der Waals surface area contributed by atoms with Crippen molar-refractivity contribution in [3.05, 3.63) is 35.4 Å². The molecule has 0 saturated heterocycles. The maximum Gasteiger partial charge on any atom is 0.144 e. The van der Waals surface area contributed by atoms with E-state index in [1.807, 2.05) is 0 Å². The van der Waals surface area contributed by atoms with Crippen molar-refractivity contribution in [3.63, 3.8) is 0 Å². The Morgan fingerprint density at radius 1 is 1.35 bits per heavy atom. The molecule has 0 spiro atoms. The molecule has 2 N–H and O–H groups in total. The molecule has 0 heterocycles. The lowest BCUT2D eigenvalue weighted by Crippen LogP contribution is -2.45. The van der Waals surface area contributed by atoms with Crippen molar-refractivity contribution in [2.75, 3.05) is 6.54 Å². The molecule has 0 amide bonds. The van der Waals surface area contributed by atoms with Gasteiger partial charge in [-0.1, -0.05) is 12.5 Å². The van der Waals surface area contributed by atoms with E-state index in [1.54, 1.807) is 0 Å². The van der Waals surface area contributed by atoms with Gasteiger partial charge in [-0.05, 0) is 24.5 Å². The van der Waals surface area contributed by atoms with Crippen LogP contribution in [0.1, 0.15) is 24.8 Å². The first-order valence-electron chi connectivity index (χ1n) is 5.75. The van der Waals surface area contributed by atoms with Gasteiger partial charge in [0, 0.05) is 24.4 Å². The molecule has 1 aliphatic rings. The van der Waals surface area contributed by atoms with Crippen LogP contribution in [0.5, 0.6) is 0 Å². The Hall–Kier alpha value is -1.29. The average Bonchev–Trinajstić information content (AvgIpc) is 2.21. The number of Topliss-reactive ketones (excluding diaryl/α,β-unsaturated/α-hetero) is 1. The fraction of sp³-hybridized carbons (Fsp3) is 0.462. The van der Waals surface area contributed by atoms with Crippen LogP contribution in [0.3, 0.4) is 0 Å². The number of hydrogen-bond acceptors (Lipinski definition) is 2. The Balaban J connectivity index is 2.13. The van der Waals surface area contributed by atoms with E-state index in [4.69, 9.17) is 5.73 Å². The molecule has 0 bridgehead atoms. The first-order chi connectivity index (χ1) is 8.07. The molecule has 0 aliphatic heterocycles. The lowest BCUT2D eigenvalue weighted by Gasteiger charge is -2.39. The Bertz CT molecular complexity index is 436. The molecule has 2 rings (SSSR count). The standard InChI is InChI=1S/C13H15F2NO/c14-10-3-2-9(11(15)7-10)6-12(17)13(8-16)4-1-5-13/h2-3,7H,1,4-6,8,16H2. The summed E-state index contributed by atoms with van der Waals surface area (Å²) in [6.07, 6.45) is 2.56. The zero-order valence-corrected chi connectivity index (χ0v) is 9.51. The van der Waals surface area contributed by atoms with Gasteiger partial charge >= 0.3 is 0 Å². The molecule has 1 fully saturated rings. The summed E-state index contributed by atoms with van der Waals surface area (Å²) >= 11 is 0. The summed E-state index contributed by atoms with van der Waals surface area (Å²) < 4.78 is 26.1. The highest BCUT2D eigenvalue weighted by molar-refractivity contribution is 5.87. The molecular formula is C13H15F2NO. The first-order valence-corrected chi connectivity index (χ1v) is 5.75. The summed E-state index contributed by atoms with van der Waals surface area (Å²) in [6.45, 7) is 0.314. The van der Waals surface area contributed by atoms with Crippen LogP contribution in [0.15, 0.2) is 18.2 Å². The predicted octanol–water partition coefficient (Wildman–Crippen LogP) is 2.21. The highest BCUT2D eigenvalue weighted by Crippen LogP contribution is 2.41. The summed E-state index contributed by atoms with van der Waals surface area (Å²) in [5.74, 6) is -1.32. The second-order valence-electron chi connectivity index (χ2n) is 4.67. The average molecular weight is 239 g/mol. The molecule has 0 radical (unpaired) electrons. The van der Waals surface area contributed by atoms with Crippen molar-refractivity contribution in [1.29, 1.82) is 0 Å². The van der Waals surface area contributed by atoms with Crippen LogP contribution in [0.25, 0.3) is 0 Å². The van der Waals surface area contributed by atoms with Crippen molar-refractivity contribution in [1.82, 2.24) is 0 Å². The molecule has 4 heteroatoms. The van der Waals surface area contributed by atoms with E-state index in [-0.39, 0.29) is 17.8 Å². The van der Waals surface area contributed by atoms with Crippen LogP contribution in [0.4, 0.5) is 8.78 Å². The van der Waals surface area contributed by atoms with Crippen molar-refractivity contribution >= 4 is 5.78 Å². The van der Waals surface area contributed by atoms with Crippen LogP contribution < -0.4 is 5.73 Å². The van der Waals surface area contributed by atoms with Gasteiger partial charge in [-0.15, -0.1) is 0 Å². The van der Waals surface area contributed by atoms with Gasteiger partial charge in [0.1, 0.15) is 17.4 Å². The van der Waals surface area contributed by atoms with E-state index in [9.17, 15) is 13.6 Å². The molecule has 1 saturated carbocycles. The smallest absolute Gasteiger partial charge is 0.144 e. The lowest BCUT2D eigenvalue weighted by atomic mass is 9.65. The minimum Gasteiger partial charge on any atom is -0.329 e. The van der Waals surface area contributed by atoms with Gasteiger partial charge in [-0.25, -0.2) is 8.78 Å². The second kappa shape index (κ2) is 4.53. The van der Waals surface area contributed by atoms with E-state index >= 15 is 0 Å². The number of nitrogens with two attached hydrogens (primary N) is 1. The Morgan fingerprint density at radius 2 is 2.06 bits per heavy atom. The fourth-order valence-electron chi connectivity index (χ4n) is 2.23. The van der Waals surface area contributed by atoms with E-state index in [0.717, 1.165) is 25.3 Å². The molecule has 1 aliphatic carbocycles. The largest absolute Gasteiger partial charge is 0.329 e. The number of halogens is 2. The number of carbonyl (C=O) groups is 1. The second-order valence-corrected chi connectivity index (χ2v) is 4.67. The van der Waals surface area contributed by atoms with Gasteiger partial charge in [0.05, 0.1) is 0 Å². The number of benzene rings is 1. The van der Waals surface area contributed by atoms with Gasteiger partial charge in [0.25, 0.3) is 0 Å². The highest BCUT2D eigenvalue weighted by Gasteiger charge is 2.42. The van der Waals surface area contributed by atoms with Crippen molar-refractivity contribution in [2.24, 2.45) is 11.1 Å². The zero-order valence-electron chi connectivity index (χ0n) is 9.51. The number of hydrogen-bond donors (Lipinski definition) is 1. The van der Waals surface area contributed by atoms with Crippen LogP contribution >= 0.6 is 0 Å². The molecule has 1 aromatic rings. The minimum absolute atomic E-state index is 0.00329. The maximum absolute atomic E-state index is 13.4. The fourth-order valence-corrected chi connectivity index (χ4v) is 2.23. The van der Waals surface area contributed by atoms with Gasteiger partial charge in [-0.3, -0.25) is 4.79 Å². The summed E-state index contributed by atoms with van der Waals surface area (Å²) in [5.41, 5.74) is 5.40. The summed E-state index contributed by atoms with van der Waals surface area (Å²) in [5, 5.41) is 0. The third-order valence-electron chi connectivity index (χ3n) is 3.66. The lowest BCUT2D eigenvalue weighted by molar-refractivity contribution is -0.132. The van der Waals surface area contributed by atoms with E-state index in [2.05, 4.69) is 0 Å². The van der Waals surface area contributed by atoms with Crippen LogP contribution in [0.2, 0.25) is 0 Å². The molecule has 0 atom stereocenters. The molecular weight excluding hydrogens is 224 g/mol. The van der Waals surface area contributed by atoms with E-state index in [1.165, 1.54) is 12.1 Å². The Morgan fingerprint density at radius 3 is 2.53 bits per heavy atom. The van der Waals surface area contributed by atoms with E-state index < -0.39 is 17.0 Å². The number of carbonyl (C=O) groups excluding carboxylic acids is 1. The van der Waals surface area contributed by atoms with Crippen LogP contribution in [-0.4, -0.2) is 12.3 Å². The third kappa shape index (κ3) is 2.22. The summed E-state index contributed by atoms with van der Waals surface area (Å²) in [7, 11) is 0. The SMILES string of the molecule is NCC1(C(=O)Cc2ccc(F)cc2F)CCC1. The van der Waals surface area contributed by atoms with Crippen LogP contribution in [-0.2, 0) is 11.2 Å². The quantitative estimate of drug-likeness (QED) is 0.875. The van der Waals surface area contributed by atoms with Crippen molar-refractivity contribution < 1.29 is 13.6 Å². The zero-order chi connectivity index (χ0) is 12.5. The van der Waals surface area contributed by atoms with Gasteiger partial charge < -0.3 is 5.73 Å². The van der Waals surface area contributed by atoms with Gasteiger partial charge in [0.2, 0.25) is 0 Å². The monoisotopic (exact) mass is 239 g/mol. The van der Waals surface area contributed by atoms with Crippen molar-refractivity contribution in [3.8, 4) is 0 Å². The molecule has 17 heavy (non-hydrogen) atoms. The van der Waals surface area contributed by atoms with Gasteiger partial charge in [-0.2, -0.15) is 0 Å². The summed E-state index contributed by atoms with van der Waals surface area (Å²) in [6, 6.07) is 3.30. The number of ketones is 1. The molecule has 0 aromatic heterocycles. The topological polar surface area (TPSA) is 43.1 Å². The van der Waals surface area contributed by atoms with Crippen LogP contribution in [0, 0.1) is 17.0 Å². The maximum atomic E-state index is 13.4. The molecule has 2 nitrogen and oxygen atoms in total. The normalized spacial score (nSPS) is 17.6. The Labute approximate surface area is 98.8 Å². The summed E-state index contributed by atoms with van der Waals surface area (Å²) in [4.78, 5) is 12.0. The predicted molar refractivity (Wildman–Crippen MR) is 60.4 cm³/mol. The molecule has 1 aromatic carbocycles. The number of rotatable bonds is 4. The Kier molecular flexibility index (Phi) is 3.24. The first kappa shape index (κ1) is 12.2.